The molecule has 2 aliphatic rings. The van der Waals surface area contributed by atoms with Gasteiger partial charge in [-0.15, -0.1) is 0 Å². The molecule has 1 heterocycles. The SMILES string of the molecule is c1ccc(C2(C3CC3)CCNCC2)cc1. The van der Waals surface area contributed by atoms with E-state index in [2.05, 4.69) is 35.6 Å². The van der Waals surface area contributed by atoms with E-state index >= 15 is 0 Å². The summed E-state index contributed by atoms with van der Waals surface area (Å²) in [5.74, 6) is 0.974. The molecular weight excluding hydrogens is 182 g/mol. The number of benzene rings is 1. The summed E-state index contributed by atoms with van der Waals surface area (Å²) in [5.41, 5.74) is 2.11. The van der Waals surface area contributed by atoms with Crippen LogP contribution in [0.15, 0.2) is 30.3 Å². The van der Waals surface area contributed by atoms with Crippen LogP contribution in [0.4, 0.5) is 0 Å². The van der Waals surface area contributed by atoms with Crippen LogP contribution in [-0.2, 0) is 5.41 Å². The van der Waals surface area contributed by atoms with Crippen molar-refractivity contribution in [3.05, 3.63) is 35.9 Å². The summed E-state index contributed by atoms with van der Waals surface area (Å²) >= 11 is 0. The van der Waals surface area contributed by atoms with Crippen molar-refractivity contribution in [3.8, 4) is 0 Å². The number of hydrogen-bond acceptors (Lipinski definition) is 1. The zero-order chi connectivity index (χ0) is 10.1. The van der Waals surface area contributed by atoms with Gasteiger partial charge in [0.2, 0.25) is 0 Å². The van der Waals surface area contributed by atoms with E-state index in [1.807, 2.05) is 0 Å². The smallest absolute Gasteiger partial charge is 0.000533 e. The number of piperidine rings is 1. The van der Waals surface area contributed by atoms with Gasteiger partial charge in [-0.05, 0) is 50.3 Å². The van der Waals surface area contributed by atoms with Crippen molar-refractivity contribution in [2.75, 3.05) is 13.1 Å². The van der Waals surface area contributed by atoms with Crippen molar-refractivity contribution in [2.45, 2.75) is 31.1 Å². The molecule has 2 fully saturated rings. The maximum absolute atomic E-state index is 3.49. The lowest BCUT2D eigenvalue weighted by Gasteiger charge is -2.38. The second-order valence-electron chi connectivity index (χ2n) is 5.05. The highest BCUT2D eigenvalue weighted by molar-refractivity contribution is 5.29. The number of nitrogens with one attached hydrogen (secondary N) is 1. The van der Waals surface area contributed by atoms with Crippen molar-refractivity contribution < 1.29 is 0 Å². The third-order valence-corrected chi connectivity index (χ3v) is 4.20. The molecule has 0 bridgehead atoms. The molecule has 0 aromatic heterocycles. The molecule has 0 amide bonds. The monoisotopic (exact) mass is 201 g/mol. The Kier molecular flexibility index (Phi) is 2.28. The second-order valence-corrected chi connectivity index (χ2v) is 5.05. The van der Waals surface area contributed by atoms with Crippen LogP contribution in [-0.4, -0.2) is 13.1 Å². The van der Waals surface area contributed by atoms with Gasteiger partial charge in [-0.2, -0.15) is 0 Å². The normalized spacial score (nSPS) is 25.1. The van der Waals surface area contributed by atoms with Gasteiger partial charge in [0.1, 0.15) is 0 Å². The van der Waals surface area contributed by atoms with Crippen molar-refractivity contribution >= 4 is 0 Å². The third kappa shape index (κ3) is 1.59. The summed E-state index contributed by atoms with van der Waals surface area (Å²) < 4.78 is 0. The molecule has 0 radical (unpaired) electrons. The lowest BCUT2D eigenvalue weighted by molar-refractivity contribution is 0.269. The molecule has 1 aliphatic heterocycles. The molecule has 1 saturated carbocycles. The highest BCUT2D eigenvalue weighted by Crippen LogP contribution is 2.52. The fraction of sp³-hybridized carbons (Fsp3) is 0.571. The van der Waals surface area contributed by atoms with Gasteiger partial charge < -0.3 is 5.32 Å². The first-order valence-corrected chi connectivity index (χ1v) is 6.18. The Balaban J connectivity index is 1.95. The van der Waals surface area contributed by atoms with E-state index in [0.717, 1.165) is 5.92 Å². The summed E-state index contributed by atoms with van der Waals surface area (Å²) in [4.78, 5) is 0. The van der Waals surface area contributed by atoms with E-state index in [1.165, 1.54) is 38.8 Å². The Labute approximate surface area is 91.9 Å². The topological polar surface area (TPSA) is 12.0 Å². The van der Waals surface area contributed by atoms with Crippen LogP contribution in [0.2, 0.25) is 0 Å². The van der Waals surface area contributed by atoms with Crippen LogP contribution in [0.3, 0.4) is 0 Å². The third-order valence-electron chi connectivity index (χ3n) is 4.20. The van der Waals surface area contributed by atoms with Crippen LogP contribution in [0.1, 0.15) is 31.2 Å². The van der Waals surface area contributed by atoms with E-state index in [0.29, 0.717) is 5.41 Å². The van der Waals surface area contributed by atoms with E-state index in [-0.39, 0.29) is 0 Å². The second kappa shape index (κ2) is 3.64. The lowest BCUT2D eigenvalue weighted by atomic mass is 9.69. The minimum atomic E-state index is 0.520. The van der Waals surface area contributed by atoms with E-state index in [4.69, 9.17) is 0 Å². The quantitative estimate of drug-likeness (QED) is 0.775. The fourth-order valence-corrected chi connectivity index (χ4v) is 3.21. The van der Waals surface area contributed by atoms with E-state index in [1.54, 1.807) is 5.56 Å². The van der Waals surface area contributed by atoms with Gasteiger partial charge in [0.15, 0.2) is 0 Å². The predicted octanol–water partition coefficient (Wildman–Crippen LogP) is 2.72. The Morgan fingerprint density at radius 3 is 2.27 bits per heavy atom. The van der Waals surface area contributed by atoms with Gasteiger partial charge in [0.05, 0.1) is 0 Å². The molecule has 1 aromatic carbocycles. The molecule has 1 N–H and O–H groups in total. The molecular formula is C14H19N. The summed E-state index contributed by atoms with van der Waals surface area (Å²) in [6.45, 7) is 2.40. The average Bonchev–Trinajstić information content (AvgIpc) is 3.15. The Bertz CT molecular complexity index is 320. The largest absolute Gasteiger partial charge is 0.317 e. The fourth-order valence-electron chi connectivity index (χ4n) is 3.21. The predicted molar refractivity (Wildman–Crippen MR) is 62.9 cm³/mol. The molecule has 1 aliphatic carbocycles. The van der Waals surface area contributed by atoms with Crippen molar-refractivity contribution in [2.24, 2.45) is 5.92 Å². The molecule has 15 heavy (non-hydrogen) atoms. The molecule has 0 atom stereocenters. The summed E-state index contributed by atoms with van der Waals surface area (Å²) in [5, 5.41) is 3.49. The van der Waals surface area contributed by atoms with Gasteiger partial charge in [-0.1, -0.05) is 30.3 Å². The first-order valence-electron chi connectivity index (χ1n) is 6.18. The van der Waals surface area contributed by atoms with Gasteiger partial charge >= 0.3 is 0 Å². The minimum Gasteiger partial charge on any atom is -0.317 e. The Hall–Kier alpha value is -0.820. The summed E-state index contributed by atoms with van der Waals surface area (Å²) in [7, 11) is 0. The first-order chi connectivity index (χ1) is 7.42. The van der Waals surface area contributed by atoms with Crippen molar-refractivity contribution in [3.63, 3.8) is 0 Å². The van der Waals surface area contributed by atoms with Gasteiger partial charge in [-0.25, -0.2) is 0 Å². The van der Waals surface area contributed by atoms with Gasteiger partial charge in [0.25, 0.3) is 0 Å². The summed E-state index contributed by atoms with van der Waals surface area (Å²) in [6, 6.07) is 11.2. The highest BCUT2D eigenvalue weighted by atomic mass is 14.9. The van der Waals surface area contributed by atoms with E-state index in [9.17, 15) is 0 Å². The van der Waals surface area contributed by atoms with Crippen LogP contribution in [0, 0.1) is 5.92 Å². The molecule has 0 unspecified atom stereocenters. The molecule has 0 spiro atoms. The van der Waals surface area contributed by atoms with Crippen LogP contribution in [0.5, 0.6) is 0 Å². The maximum atomic E-state index is 3.49. The van der Waals surface area contributed by atoms with Crippen molar-refractivity contribution in [1.29, 1.82) is 0 Å². The van der Waals surface area contributed by atoms with Gasteiger partial charge in [0, 0.05) is 5.41 Å². The molecule has 1 saturated heterocycles. The summed E-state index contributed by atoms with van der Waals surface area (Å²) in [6.07, 6.45) is 5.58. The maximum Gasteiger partial charge on any atom is 0.000533 e. The average molecular weight is 201 g/mol. The Morgan fingerprint density at radius 1 is 1.00 bits per heavy atom. The van der Waals surface area contributed by atoms with Gasteiger partial charge in [-0.3, -0.25) is 0 Å². The standard InChI is InChI=1S/C14H19N/c1-2-4-12(5-3-1)14(13-6-7-13)8-10-15-11-9-14/h1-5,13,15H,6-11H2. The molecule has 1 heteroatoms. The van der Waals surface area contributed by atoms with E-state index < -0.39 is 0 Å². The molecule has 3 rings (SSSR count). The van der Waals surface area contributed by atoms with Crippen LogP contribution in [0.25, 0.3) is 0 Å². The molecule has 1 aromatic rings. The van der Waals surface area contributed by atoms with Crippen molar-refractivity contribution in [1.82, 2.24) is 5.32 Å². The molecule has 80 valence electrons. The zero-order valence-corrected chi connectivity index (χ0v) is 9.21. The van der Waals surface area contributed by atoms with Crippen LogP contribution >= 0.6 is 0 Å². The first kappa shape index (κ1) is 9.41. The molecule has 1 nitrogen and oxygen atoms in total. The highest BCUT2D eigenvalue weighted by Gasteiger charge is 2.46. The minimum absolute atomic E-state index is 0.520. The Morgan fingerprint density at radius 2 is 1.67 bits per heavy atom. The number of rotatable bonds is 2. The lowest BCUT2D eigenvalue weighted by Crippen LogP contribution is -2.41. The van der Waals surface area contributed by atoms with Crippen LogP contribution < -0.4 is 5.32 Å². The number of hydrogen-bond donors (Lipinski definition) is 1. The zero-order valence-electron chi connectivity index (χ0n) is 9.21.